The van der Waals surface area contributed by atoms with E-state index in [1.54, 1.807) is 12.1 Å². The molecule has 0 aliphatic heterocycles. The Bertz CT molecular complexity index is 846. The summed E-state index contributed by atoms with van der Waals surface area (Å²) in [5, 5.41) is 18.5. The van der Waals surface area contributed by atoms with Crippen LogP contribution in [0.3, 0.4) is 0 Å². The van der Waals surface area contributed by atoms with Crippen LogP contribution in [-0.2, 0) is 11.2 Å². The first-order valence-electron chi connectivity index (χ1n) is 8.04. The Morgan fingerprint density at radius 1 is 1.38 bits per heavy atom. The van der Waals surface area contributed by atoms with E-state index < -0.39 is 18.4 Å². The highest BCUT2D eigenvalue weighted by Gasteiger charge is 2.18. The maximum absolute atomic E-state index is 14.5. The third-order valence-electron chi connectivity index (χ3n) is 3.97. The van der Waals surface area contributed by atoms with Crippen LogP contribution in [0.5, 0.6) is 11.5 Å². The standard InChI is InChI=1S/C20H20ClFO4/c1-4-13-9-17(26-10-18(24)25)20(22)19(21)15(13)8-12-5-6-16(23)14(7-12)11(2)3/h4-7,9,11,23H,1,8,10H2,2-3H3,(H,24,25). The fraction of sp³-hybridized carbons (Fsp3) is 0.250. The lowest BCUT2D eigenvalue weighted by Gasteiger charge is -2.15. The molecule has 2 aromatic carbocycles. The van der Waals surface area contributed by atoms with Crippen molar-refractivity contribution in [2.75, 3.05) is 6.61 Å². The molecule has 6 heteroatoms. The summed E-state index contributed by atoms with van der Waals surface area (Å²) in [7, 11) is 0. The fourth-order valence-electron chi connectivity index (χ4n) is 2.65. The molecule has 0 amide bonds. The van der Waals surface area contributed by atoms with Gasteiger partial charge in [-0.3, -0.25) is 0 Å². The number of carboxylic acids is 1. The molecule has 0 saturated heterocycles. The maximum atomic E-state index is 14.5. The van der Waals surface area contributed by atoms with Crippen LogP contribution in [0, 0.1) is 5.82 Å². The van der Waals surface area contributed by atoms with Gasteiger partial charge in [0.15, 0.2) is 18.2 Å². The van der Waals surface area contributed by atoms with Gasteiger partial charge >= 0.3 is 5.97 Å². The molecule has 0 unspecified atom stereocenters. The van der Waals surface area contributed by atoms with Crippen LogP contribution in [0.15, 0.2) is 30.8 Å². The molecular weight excluding hydrogens is 359 g/mol. The van der Waals surface area contributed by atoms with E-state index in [2.05, 4.69) is 6.58 Å². The molecule has 2 aromatic rings. The number of aromatic hydroxyl groups is 1. The van der Waals surface area contributed by atoms with E-state index >= 15 is 0 Å². The third kappa shape index (κ3) is 4.35. The lowest BCUT2D eigenvalue weighted by atomic mass is 9.94. The van der Waals surface area contributed by atoms with E-state index in [1.807, 2.05) is 19.9 Å². The minimum atomic E-state index is -1.21. The minimum absolute atomic E-state index is 0.132. The smallest absolute Gasteiger partial charge is 0.341 e. The Morgan fingerprint density at radius 2 is 2.08 bits per heavy atom. The molecule has 2 N–H and O–H groups in total. The average Bonchev–Trinajstić information content (AvgIpc) is 2.59. The summed E-state index contributed by atoms with van der Waals surface area (Å²) < 4.78 is 19.4. The van der Waals surface area contributed by atoms with E-state index in [9.17, 15) is 14.3 Å². The number of rotatable bonds is 7. The zero-order valence-corrected chi connectivity index (χ0v) is 15.3. The summed E-state index contributed by atoms with van der Waals surface area (Å²) in [6, 6.07) is 6.59. The Kier molecular flexibility index (Phi) is 6.27. The van der Waals surface area contributed by atoms with Crippen molar-refractivity contribution in [1.29, 1.82) is 0 Å². The van der Waals surface area contributed by atoms with E-state index in [4.69, 9.17) is 21.4 Å². The first kappa shape index (κ1) is 19.8. The zero-order valence-electron chi connectivity index (χ0n) is 14.6. The van der Waals surface area contributed by atoms with E-state index in [0.29, 0.717) is 17.5 Å². The van der Waals surface area contributed by atoms with Gasteiger partial charge < -0.3 is 14.9 Å². The van der Waals surface area contributed by atoms with Gasteiger partial charge in [-0.05, 0) is 46.7 Å². The second-order valence-corrected chi connectivity index (χ2v) is 6.56. The molecule has 26 heavy (non-hydrogen) atoms. The molecule has 0 bridgehead atoms. The van der Waals surface area contributed by atoms with Crippen molar-refractivity contribution in [2.24, 2.45) is 0 Å². The molecule has 0 radical (unpaired) electrons. The minimum Gasteiger partial charge on any atom is -0.508 e. The molecule has 138 valence electrons. The summed E-state index contributed by atoms with van der Waals surface area (Å²) >= 11 is 6.18. The van der Waals surface area contributed by atoms with Crippen LogP contribution in [0.1, 0.15) is 42.0 Å². The van der Waals surface area contributed by atoms with Gasteiger partial charge in [-0.1, -0.05) is 50.2 Å². The van der Waals surface area contributed by atoms with Crippen molar-refractivity contribution in [3.05, 3.63) is 63.9 Å². The van der Waals surface area contributed by atoms with E-state index in [-0.39, 0.29) is 22.4 Å². The number of carbonyl (C=O) groups is 1. The molecule has 0 heterocycles. The monoisotopic (exact) mass is 378 g/mol. The highest BCUT2D eigenvalue weighted by Crippen LogP contribution is 2.35. The summed E-state index contributed by atoms with van der Waals surface area (Å²) in [5.74, 6) is -1.91. The van der Waals surface area contributed by atoms with Crippen LogP contribution in [-0.4, -0.2) is 22.8 Å². The van der Waals surface area contributed by atoms with Crippen molar-refractivity contribution in [2.45, 2.75) is 26.2 Å². The van der Waals surface area contributed by atoms with Gasteiger partial charge in [0.05, 0.1) is 5.02 Å². The van der Waals surface area contributed by atoms with Gasteiger partial charge in [-0.2, -0.15) is 0 Å². The predicted octanol–water partition coefficient (Wildman–Crippen LogP) is 5.01. The van der Waals surface area contributed by atoms with Crippen molar-refractivity contribution < 1.29 is 24.1 Å². The summed E-state index contributed by atoms with van der Waals surface area (Å²) in [4.78, 5) is 10.6. The third-order valence-corrected chi connectivity index (χ3v) is 4.37. The van der Waals surface area contributed by atoms with Crippen LogP contribution in [0.2, 0.25) is 5.02 Å². The second kappa shape index (κ2) is 8.23. The van der Waals surface area contributed by atoms with Gasteiger partial charge in [0.25, 0.3) is 0 Å². The molecule has 0 aromatic heterocycles. The Balaban J connectivity index is 2.43. The Labute approximate surface area is 156 Å². The Morgan fingerprint density at radius 3 is 2.65 bits per heavy atom. The van der Waals surface area contributed by atoms with Gasteiger partial charge in [-0.25, -0.2) is 9.18 Å². The van der Waals surface area contributed by atoms with Gasteiger partial charge in [-0.15, -0.1) is 0 Å². The number of phenols is 1. The number of hydrogen-bond acceptors (Lipinski definition) is 3. The SMILES string of the molecule is C=Cc1cc(OCC(=O)O)c(F)c(Cl)c1Cc1ccc(O)c(C(C)C)c1. The first-order valence-corrected chi connectivity index (χ1v) is 8.42. The number of hydrogen-bond donors (Lipinski definition) is 2. The summed E-state index contributed by atoms with van der Waals surface area (Å²) in [6.07, 6.45) is 1.84. The number of carboxylic acid groups (broad SMARTS) is 1. The highest BCUT2D eigenvalue weighted by molar-refractivity contribution is 6.32. The molecule has 0 aliphatic rings. The molecule has 2 rings (SSSR count). The zero-order chi connectivity index (χ0) is 19.4. The highest BCUT2D eigenvalue weighted by atomic mass is 35.5. The predicted molar refractivity (Wildman–Crippen MR) is 99.6 cm³/mol. The molecule has 0 fully saturated rings. The second-order valence-electron chi connectivity index (χ2n) is 6.18. The topological polar surface area (TPSA) is 66.8 Å². The molecular formula is C20H20ClFO4. The summed E-state index contributed by atoms with van der Waals surface area (Å²) in [6.45, 7) is 6.97. The first-order chi connectivity index (χ1) is 12.2. The van der Waals surface area contributed by atoms with Crippen molar-refractivity contribution in [3.8, 4) is 11.5 Å². The van der Waals surface area contributed by atoms with Gasteiger partial charge in [0, 0.05) is 0 Å². The lowest BCUT2D eigenvalue weighted by molar-refractivity contribution is -0.139. The lowest BCUT2D eigenvalue weighted by Crippen LogP contribution is -2.11. The molecule has 0 spiro atoms. The molecule has 0 atom stereocenters. The van der Waals surface area contributed by atoms with Gasteiger partial charge in [0.1, 0.15) is 5.75 Å². The van der Waals surface area contributed by atoms with Crippen molar-refractivity contribution in [3.63, 3.8) is 0 Å². The number of aliphatic carboxylic acids is 1. The van der Waals surface area contributed by atoms with Gasteiger partial charge in [0.2, 0.25) is 0 Å². The van der Waals surface area contributed by atoms with E-state index in [1.165, 1.54) is 12.1 Å². The van der Waals surface area contributed by atoms with Crippen LogP contribution in [0.4, 0.5) is 4.39 Å². The largest absolute Gasteiger partial charge is 0.508 e. The van der Waals surface area contributed by atoms with E-state index in [0.717, 1.165) is 11.1 Å². The Hall–Kier alpha value is -2.53. The normalized spacial score (nSPS) is 10.8. The van der Waals surface area contributed by atoms with Crippen LogP contribution < -0.4 is 4.74 Å². The number of halogens is 2. The van der Waals surface area contributed by atoms with Crippen LogP contribution >= 0.6 is 11.6 Å². The average molecular weight is 379 g/mol. The maximum Gasteiger partial charge on any atom is 0.341 e. The molecule has 0 saturated carbocycles. The summed E-state index contributed by atoms with van der Waals surface area (Å²) in [5.41, 5.74) is 2.72. The van der Waals surface area contributed by atoms with Crippen LogP contribution in [0.25, 0.3) is 6.08 Å². The van der Waals surface area contributed by atoms with Crippen molar-refractivity contribution >= 4 is 23.6 Å². The number of benzene rings is 2. The van der Waals surface area contributed by atoms with Crippen molar-refractivity contribution in [1.82, 2.24) is 0 Å². The molecule has 4 nitrogen and oxygen atoms in total. The number of phenolic OH excluding ortho intramolecular Hbond substituents is 1. The quantitative estimate of drug-likeness (QED) is 0.711. The molecule has 0 aliphatic carbocycles. The fourth-order valence-corrected chi connectivity index (χ4v) is 2.91. The number of ether oxygens (including phenoxy) is 1.